The lowest BCUT2D eigenvalue weighted by Crippen LogP contribution is -2.51. The number of fused-ring (bicyclic) bond motifs is 5. The Morgan fingerprint density at radius 1 is 1.21 bits per heavy atom. The Kier molecular flexibility index (Phi) is 5.71. The smallest absolute Gasteiger partial charge is 0.240 e. The minimum atomic E-state index is -3.54. The van der Waals surface area contributed by atoms with Crippen LogP contribution >= 0.6 is 0 Å². The van der Waals surface area contributed by atoms with Crippen molar-refractivity contribution in [2.45, 2.75) is 42.8 Å². The van der Waals surface area contributed by atoms with E-state index in [1.165, 1.54) is 25.2 Å². The summed E-state index contributed by atoms with van der Waals surface area (Å²) in [6.45, 7) is 2.24. The van der Waals surface area contributed by atoms with Gasteiger partial charge in [0.05, 0.1) is 17.0 Å². The highest BCUT2D eigenvalue weighted by atomic mass is 32.2. The van der Waals surface area contributed by atoms with E-state index >= 15 is 0 Å². The van der Waals surface area contributed by atoms with Gasteiger partial charge in [0.2, 0.25) is 15.9 Å². The summed E-state index contributed by atoms with van der Waals surface area (Å²) in [6, 6.07) is 12.2. The molecule has 1 saturated heterocycles. The Balaban J connectivity index is 1.24. The van der Waals surface area contributed by atoms with Crippen molar-refractivity contribution >= 4 is 15.9 Å². The first-order valence-corrected chi connectivity index (χ1v) is 13.0. The van der Waals surface area contributed by atoms with Crippen molar-refractivity contribution < 1.29 is 17.6 Å². The lowest BCUT2D eigenvalue weighted by atomic mass is 9.94. The van der Waals surface area contributed by atoms with Crippen LogP contribution in [0.15, 0.2) is 47.4 Å². The maximum Gasteiger partial charge on any atom is 0.240 e. The van der Waals surface area contributed by atoms with Crippen LogP contribution in [0.5, 0.6) is 0 Å². The van der Waals surface area contributed by atoms with Gasteiger partial charge in [-0.25, -0.2) is 17.5 Å². The van der Waals surface area contributed by atoms with Gasteiger partial charge >= 0.3 is 0 Å². The van der Waals surface area contributed by atoms with Gasteiger partial charge in [-0.1, -0.05) is 31.2 Å². The van der Waals surface area contributed by atoms with Crippen molar-refractivity contribution in [2.24, 2.45) is 23.7 Å². The van der Waals surface area contributed by atoms with E-state index < -0.39 is 21.9 Å². The summed E-state index contributed by atoms with van der Waals surface area (Å²) in [6.07, 6.45) is 1.09. The van der Waals surface area contributed by atoms with Crippen LogP contribution in [0.2, 0.25) is 0 Å². The van der Waals surface area contributed by atoms with E-state index in [-0.39, 0.29) is 23.3 Å². The third kappa shape index (κ3) is 3.90. The highest BCUT2D eigenvalue weighted by Crippen LogP contribution is 2.64. The van der Waals surface area contributed by atoms with Crippen LogP contribution in [-0.2, 0) is 21.2 Å². The molecule has 5 rings (SSSR count). The van der Waals surface area contributed by atoms with E-state index in [1.807, 2.05) is 0 Å². The Hall–Kier alpha value is -2.80. The molecule has 2 aliphatic carbocycles. The predicted molar refractivity (Wildman–Crippen MR) is 124 cm³/mol. The summed E-state index contributed by atoms with van der Waals surface area (Å²) in [4.78, 5) is 13.0. The van der Waals surface area contributed by atoms with Crippen molar-refractivity contribution in [3.8, 4) is 17.2 Å². The second kappa shape index (κ2) is 8.45. The minimum absolute atomic E-state index is 0.0664. The average molecular weight is 483 g/mol. The number of piperidine rings is 1. The number of hydrogen-bond donors (Lipinski definition) is 3. The maximum atomic E-state index is 14.9. The zero-order valence-corrected chi connectivity index (χ0v) is 19.8. The van der Waals surface area contributed by atoms with Gasteiger partial charge in [0.15, 0.2) is 0 Å². The Morgan fingerprint density at radius 2 is 1.91 bits per heavy atom. The standard InChI is InChI=1S/C25H27FN4O3S/c1-13-22-19-11-21(23(13)22)30-24(19)25(31)29-17(12-27)9-16-4-3-15(10-20(16)26)14-5-7-18(8-6-14)34(32,33)28-2/h3-8,10,13,17,19,21-24,28,30H,9,11H2,1-2H3,(H,29,31). The van der Waals surface area contributed by atoms with Gasteiger partial charge in [-0.2, -0.15) is 5.26 Å². The van der Waals surface area contributed by atoms with E-state index in [4.69, 9.17) is 0 Å². The largest absolute Gasteiger partial charge is 0.339 e. The van der Waals surface area contributed by atoms with E-state index in [0.717, 1.165) is 6.42 Å². The lowest BCUT2D eigenvalue weighted by Gasteiger charge is -2.23. The van der Waals surface area contributed by atoms with E-state index in [2.05, 4.69) is 28.3 Å². The molecule has 7 unspecified atom stereocenters. The summed E-state index contributed by atoms with van der Waals surface area (Å²) >= 11 is 0. The number of nitrogens with one attached hydrogen (secondary N) is 3. The first-order chi connectivity index (χ1) is 16.2. The van der Waals surface area contributed by atoms with Gasteiger partial charge in [0.1, 0.15) is 11.9 Å². The van der Waals surface area contributed by atoms with Crippen molar-refractivity contribution in [1.29, 1.82) is 5.26 Å². The molecule has 34 heavy (non-hydrogen) atoms. The molecule has 2 aromatic carbocycles. The predicted octanol–water partition coefficient (Wildman–Crippen LogP) is 2.19. The average Bonchev–Trinajstić information content (AvgIpc) is 3.18. The highest BCUT2D eigenvalue weighted by molar-refractivity contribution is 7.89. The van der Waals surface area contributed by atoms with E-state index in [0.29, 0.717) is 46.4 Å². The van der Waals surface area contributed by atoms with Gasteiger partial charge in [-0.3, -0.25) is 4.79 Å². The van der Waals surface area contributed by atoms with Gasteiger partial charge in [0, 0.05) is 12.5 Å². The molecule has 2 bridgehead atoms. The fourth-order valence-electron chi connectivity index (χ4n) is 6.05. The molecule has 0 radical (unpaired) electrons. The molecule has 7 atom stereocenters. The molecule has 178 valence electrons. The second-order valence-corrected chi connectivity index (χ2v) is 11.5. The molecule has 9 heteroatoms. The molecule has 1 heterocycles. The second-order valence-electron chi connectivity index (χ2n) is 9.60. The van der Waals surface area contributed by atoms with Crippen molar-refractivity contribution in [1.82, 2.24) is 15.4 Å². The van der Waals surface area contributed by atoms with Crippen LogP contribution in [0.4, 0.5) is 4.39 Å². The van der Waals surface area contributed by atoms with Crippen LogP contribution in [0.25, 0.3) is 11.1 Å². The van der Waals surface area contributed by atoms with Crippen molar-refractivity contribution in [3.63, 3.8) is 0 Å². The monoisotopic (exact) mass is 482 g/mol. The molecule has 1 aliphatic heterocycles. The lowest BCUT2D eigenvalue weighted by molar-refractivity contribution is -0.124. The van der Waals surface area contributed by atoms with Gasteiger partial charge in [-0.15, -0.1) is 0 Å². The summed E-state index contributed by atoms with van der Waals surface area (Å²) in [5.74, 6) is 1.64. The molecule has 0 aromatic heterocycles. The summed E-state index contributed by atoms with van der Waals surface area (Å²) in [5, 5.41) is 15.8. The van der Waals surface area contributed by atoms with Crippen molar-refractivity contribution in [2.75, 3.05) is 7.05 Å². The third-order valence-electron chi connectivity index (χ3n) is 7.82. The normalized spacial score (nSPS) is 29.8. The molecular formula is C25H27FN4O3S. The molecule has 3 N–H and O–H groups in total. The molecule has 3 aliphatic rings. The first kappa shape index (κ1) is 23.0. The zero-order chi connectivity index (χ0) is 24.2. The Labute approximate surface area is 198 Å². The van der Waals surface area contributed by atoms with Gasteiger partial charge < -0.3 is 10.6 Å². The van der Waals surface area contributed by atoms with E-state index in [1.54, 1.807) is 24.3 Å². The maximum absolute atomic E-state index is 14.9. The summed E-state index contributed by atoms with van der Waals surface area (Å²) in [7, 11) is -2.21. The Bertz CT molecular complexity index is 1270. The molecule has 3 fully saturated rings. The van der Waals surface area contributed by atoms with Crippen molar-refractivity contribution in [3.05, 3.63) is 53.8 Å². The minimum Gasteiger partial charge on any atom is -0.339 e. The summed E-state index contributed by atoms with van der Waals surface area (Å²) in [5.41, 5.74) is 1.59. The number of sulfonamides is 1. The Morgan fingerprint density at radius 3 is 2.53 bits per heavy atom. The molecule has 0 spiro atoms. The molecule has 2 saturated carbocycles. The topological polar surface area (TPSA) is 111 Å². The van der Waals surface area contributed by atoms with E-state index in [9.17, 15) is 22.9 Å². The number of rotatable bonds is 7. The van der Waals surface area contributed by atoms with Crippen LogP contribution in [0.1, 0.15) is 18.9 Å². The number of hydrogen-bond acceptors (Lipinski definition) is 5. The highest BCUT2D eigenvalue weighted by Gasteiger charge is 2.67. The fraction of sp³-hybridized carbons (Fsp3) is 0.440. The number of carbonyl (C=O) groups is 1. The zero-order valence-electron chi connectivity index (χ0n) is 19.0. The SMILES string of the molecule is CNS(=O)(=O)c1ccc(-c2ccc(CC(C#N)NC(=O)C3NC4CC3C3C(C)C43)c(F)c2)cc1. The number of amides is 1. The molecule has 7 nitrogen and oxygen atoms in total. The van der Waals surface area contributed by atoms with Crippen LogP contribution in [0.3, 0.4) is 0 Å². The number of halogens is 1. The van der Waals surface area contributed by atoms with Crippen LogP contribution < -0.4 is 15.4 Å². The number of benzene rings is 2. The third-order valence-corrected chi connectivity index (χ3v) is 9.25. The van der Waals surface area contributed by atoms with Crippen LogP contribution in [0, 0.1) is 40.8 Å². The first-order valence-electron chi connectivity index (χ1n) is 11.5. The number of nitriles is 1. The summed E-state index contributed by atoms with van der Waals surface area (Å²) < 4.78 is 40.9. The molecule has 2 aromatic rings. The number of carbonyl (C=O) groups excluding carboxylic acids is 1. The number of nitrogens with zero attached hydrogens (tertiary/aromatic N) is 1. The quantitative estimate of drug-likeness (QED) is 0.560. The van der Waals surface area contributed by atoms with Crippen LogP contribution in [-0.4, -0.2) is 39.5 Å². The molecular weight excluding hydrogens is 455 g/mol. The van der Waals surface area contributed by atoms with Gasteiger partial charge in [0.25, 0.3) is 0 Å². The van der Waals surface area contributed by atoms with Gasteiger partial charge in [-0.05, 0) is 72.0 Å². The molecule has 1 amide bonds. The fourth-order valence-corrected chi connectivity index (χ4v) is 6.78.